The minimum atomic E-state index is -2.77. The van der Waals surface area contributed by atoms with Crippen molar-refractivity contribution < 1.29 is 9.30 Å². The molecule has 11 nitrogen and oxygen atoms in total. The molecule has 0 amide bonds. The summed E-state index contributed by atoms with van der Waals surface area (Å²) in [5, 5.41) is 11.4. The largest absolute Gasteiger partial charge is 0.494 e. The van der Waals surface area contributed by atoms with Crippen LogP contribution in [0.1, 0.15) is 0 Å². The van der Waals surface area contributed by atoms with Gasteiger partial charge in [0, 0.05) is 54.7 Å². The third kappa shape index (κ3) is 7.03. The molecule has 46 heavy (non-hydrogen) atoms. The SMILES string of the molecule is BC(B)(B)N(c1cc(OC)c(Nc2ncc(Br)c(Nc3ccc4nccnc4c3P(C)(C)=O)n2)cc1-c1cnn(C)c1)C(B)(B)B. The van der Waals surface area contributed by atoms with Gasteiger partial charge in [0.05, 0.1) is 40.0 Å². The number of benzene rings is 2. The molecule has 0 unspecified atom stereocenters. The average Bonchev–Trinajstić information content (AvgIpc) is 3.38. The highest BCUT2D eigenvalue weighted by Crippen LogP contribution is 2.44. The zero-order chi connectivity index (χ0) is 33.6. The Morgan fingerprint density at radius 1 is 0.957 bits per heavy atom. The van der Waals surface area contributed by atoms with Gasteiger partial charge in [0.1, 0.15) is 71.3 Å². The van der Waals surface area contributed by atoms with E-state index in [0.29, 0.717) is 49.7 Å². The number of nitrogens with zero attached hydrogens (tertiary/aromatic N) is 7. The third-order valence-electron chi connectivity index (χ3n) is 7.31. The van der Waals surface area contributed by atoms with Crippen molar-refractivity contribution in [1.29, 1.82) is 0 Å². The molecule has 0 bridgehead atoms. The van der Waals surface area contributed by atoms with Gasteiger partial charge in [-0.3, -0.25) is 14.6 Å². The molecule has 0 fully saturated rings. The van der Waals surface area contributed by atoms with Crippen molar-refractivity contribution in [2.45, 2.75) is 10.5 Å². The van der Waals surface area contributed by atoms with Gasteiger partial charge in [-0.15, -0.1) is 0 Å². The Balaban J connectivity index is 1.60. The number of aryl methyl sites for hydroxylation is 1. The molecule has 19 heteroatoms. The van der Waals surface area contributed by atoms with Gasteiger partial charge in [0.15, 0.2) is 0 Å². The second kappa shape index (κ2) is 12.5. The molecular weight excluding hydrogens is 658 g/mol. The topological polar surface area (TPSA) is 123 Å². The molecule has 230 valence electrons. The number of hydrogen-bond acceptors (Lipinski definition) is 10. The van der Waals surface area contributed by atoms with E-state index in [4.69, 9.17) is 9.72 Å². The summed E-state index contributed by atoms with van der Waals surface area (Å²) in [6.07, 6.45) is 8.76. The first-order chi connectivity index (χ1) is 21.5. The van der Waals surface area contributed by atoms with Crippen LogP contribution in [0.3, 0.4) is 0 Å². The smallest absolute Gasteiger partial charge is 0.229 e. The Kier molecular flexibility index (Phi) is 9.18. The van der Waals surface area contributed by atoms with Crippen LogP contribution in [-0.4, -0.2) is 108 Å². The normalized spacial score (nSPS) is 12.2. The molecular formula is C27H35B6BrN9O2P. The first-order valence-corrected chi connectivity index (χ1v) is 18.2. The molecule has 3 aromatic heterocycles. The van der Waals surface area contributed by atoms with E-state index in [1.807, 2.05) is 31.6 Å². The Bertz CT molecular complexity index is 1970. The van der Waals surface area contributed by atoms with Crippen LogP contribution in [0.25, 0.3) is 22.2 Å². The van der Waals surface area contributed by atoms with Gasteiger partial charge in [-0.05, 0) is 57.9 Å². The molecule has 5 rings (SSSR count). The fourth-order valence-corrected chi connectivity index (χ4v) is 7.66. The molecule has 0 radical (unpaired) electrons. The zero-order valence-electron chi connectivity index (χ0n) is 28.0. The molecule has 0 aliphatic rings. The lowest BCUT2D eigenvalue weighted by molar-refractivity contribution is 0.417. The van der Waals surface area contributed by atoms with E-state index in [1.165, 1.54) is 0 Å². The Morgan fingerprint density at radius 2 is 1.65 bits per heavy atom. The second-order valence-electron chi connectivity index (χ2n) is 13.5. The zero-order valence-corrected chi connectivity index (χ0v) is 30.4. The average molecular weight is 693 g/mol. The van der Waals surface area contributed by atoms with E-state index in [2.05, 4.69) is 111 Å². The summed E-state index contributed by atoms with van der Waals surface area (Å²) in [4.78, 5) is 20.6. The van der Waals surface area contributed by atoms with Crippen molar-refractivity contribution in [2.24, 2.45) is 7.05 Å². The number of rotatable bonds is 10. The summed E-state index contributed by atoms with van der Waals surface area (Å²) in [6.45, 7) is 3.44. The number of nitrogens with one attached hydrogen (secondary N) is 2. The van der Waals surface area contributed by atoms with Crippen molar-refractivity contribution in [3.8, 4) is 16.9 Å². The van der Waals surface area contributed by atoms with Gasteiger partial charge >= 0.3 is 0 Å². The van der Waals surface area contributed by atoms with E-state index in [-0.39, 0.29) is 10.5 Å². The lowest BCUT2D eigenvalue weighted by atomic mass is 9.40. The summed E-state index contributed by atoms with van der Waals surface area (Å²) < 4.78 is 21.8. The predicted molar refractivity (Wildman–Crippen MR) is 209 cm³/mol. The van der Waals surface area contributed by atoms with Crippen LogP contribution in [0.5, 0.6) is 5.75 Å². The maximum Gasteiger partial charge on any atom is 0.229 e. The van der Waals surface area contributed by atoms with Crippen molar-refractivity contribution in [3.63, 3.8) is 0 Å². The molecule has 0 aliphatic carbocycles. The second-order valence-corrected chi connectivity index (χ2v) is 17.5. The number of ether oxygens (including phenoxy) is 1. The van der Waals surface area contributed by atoms with Gasteiger partial charge in [-0.2, -0.15) is 10.1 Å². The number of aromatic nitrogens is 6. The molecule has 3 heterocycles. The Morgan fingerprint density at radius 3 is 2.26 bits per heavy atom. The van der Waals surface area contributed by atoms with Crippen LogP contribution in [0.2, 0.25) is 0 Å². The van der Waals surface area contributed by atoms with Gasteiger partial charge in [0.25, 0.3) is 0 Å². The highest BCUT2D eigenvalue weighted by molar-refractivity contribution is 9.10. The van der Waals surface area contributed by atoms with E-state index >= 15 is 0 Å². The predicted octanol–water partition coefficient (Wildman–Crippen LogP) is -0.846. The highest BCUT2D eigenvalue weighted by atomic mass is 79.9. The highest BCUT2D eigenvalue weighted by Gasteiger charge is 2.34. The van der Waals surface area contributed by atoms with E-state index in [9.17, 15) is 4.57 Å². The Labute approximate surface area is 283 Å². The summed E-state index contributed by atoms with van der Waals surface area (Å²) in [5.41, 5.74) is 5.57. The molecule has 0 atom stereocenters. The van der Waals surface area contributed by atoms with Crippen molar-refractivity contribution in [3.05, 3.63) is 59.7 Å². The maximum atomic E-state index is 13.5. The van der Waals surface area contributed by atoms with Crippen LogP contribution < -0.4 is 25.6 Å². The van der Waals surface area contributed by atoms with Gasteiger partial charge in [-0.1, -0.05) is 0 Å². The van der Waals surface area contributed by atoms with Crippen molar-refractivity contribution in [1.82, 2.24) is 29.7 Å². The molecule has 2 aromatic carbocycles. The van der Waals surface area contributed by atoms with E-state index in [1.54, 1.807) is 43.7 Å². The van der Waals surface area contributed by atoms with E-state index < -0.39 is 7.14 Å². The fraction of sp³-hybridized carbons (Fsp3) is 0.222. The summed E-state index contributed by atoms with van der Waals surface area (Å²) in [7, 11) is 14.0. The molecule has 0 saturated carbocycles. The first-order valence-electron chi connectivity index (χ1n) is 14.8. The first kappa shape index (κ1) is 33.7. The number of anilines is 5. The number of methoxy groups -OCH3 is 1. The number of fused-ring (bicyclic) bond motifs is 1. The van der Waals surface area contributed by atoms with Gasteiger partial charge in [0.2, 0.25) is 5.95 Å². The minimum Gasteiger partial charge on any atom is -0.494 e. The lowest BCUT2D eigenvalue weighted by Gasteiger charge is -2.50. The monoisotopic (exact) mass is 693 g/mol. The summed E-state index contributed by atoms with van der Waals surface area (Å²) in [5.74, 6) is 1.47. The molecule has 0 saturated heterocycles. The third-order valence-corrected chi connectivity index (χ3v) is 9.42. The van der Waals surface area contributed by atoms with Crippen LogP contribution in [0.4, 0.5) is 28.8 Å². The quantitative estimate of drug-likeness (QED) is 0.142. The summed E-state index contributed by atoms with van der Waals surface area (Å²) in [6, 6.07) is 7.81. The van der Waals surface area contributed by atoms with Crippen molar-refractivity contribution in [2.75, 3.05) is 36.0 Å². The molecule has 0 aliphatic heterocycles. The molecule has 5 aromatic rings. The van der Waals surface area contributed by atoms with Crippen LogP contribution >= 0.6 is 23.1 Å². The molecule has 2 N–H and O–H groups in total. The maximum absolute atomic E-state index is 13.5. The standard InChI is InChI=1S/C27H35B6BrN9O2P/c1-42-13-14(11-38-42)15-9-19(21(45-2)10-20(15)43(26(28,29)30)27(31,32)33)40-25-37-12-16(34)24(41-25)39-18-6-5-17-22(36-8-7-35-17)23(18)46(3,4)44/h5-13H,28-33H2,1-4H3,(H2,37,39,40,41). The number of hydrogen-bond donors (Lipinski definition) is 2. The lowest BCUT2D eigenvalue weighted by Crippen LogP contribution is -2.64. The fourth-order valence-electron chi connectivity index (χ4n) is 5.97. The van der Waals surface area contributed by atoms with Crippen LogP contribution in [0.15, 0.2) is 59.7 Å². The summed E-state index contributed by atoms with van der Waals surface area (Å²) >= 11 is 3.58. The minimum absolute atomic E-state index is 0.196. The van der Waals surface area contributed by atoms with E-state index in [0.717, 1.165) is 16.8 Å². The molecule has 0 spiro atoms. The van der Waals surface area contributed by atoms with Crippen molar-refractivity contribution >= 4 is 115 Å². The van der Waals surface area contributed by atoms with Crippen LogP contribution in [0, 0.1) is 0 Å². The van der Waals surface area contributed by atoms with Gasteiger partial charge in [-0.25, -0.2) is 4.98 Å². The van der Waals surface area contributed by atoms with Crippen LogP contribution in [-0.2, 0) is 11.6 Å². The Hall–Kier alpha value is -3.63. The number of halogens is 1. The van der Waals surface area contributed by atoms with Gasteiger partial charge < -0.3 is 24.8 Å².